The number of benzene rings is 1. The molecule has 19 heavy (non-hydrogen) atoms. The van der Waals surface area contributed by atoms with Crippen LogP contribution >= 0.6 is 0 Å². The molecule has 1 amide bonds. The number of halogens is 1. The molecule has 0 radical (unpaired) electrons. The highest BCUT2D eigenvalue weighted by atomic mass is 19.1. The second kappa shape index (κ2) is 6.31. The Morgan fingerprint density at radius 3 is 2.53 bits per heavy atom. The third-order valence-electron chi connectivity index (χ3n) is 2.99. The number of carboxylic acids is 1. The van der Waals surface area contributed by atoms with E-state index >= 15 is 0 Å². The Labute approximate surface area is 111 Å². The van der Waals surface area contributed by atoms with Crippen molar-refractivity contribution in [3.63, 3.8) is 0 Å². The van der Waals surface area contributed by atoms with Crippen molar-refractivity contribution in [3.8, 4) is 0 Å². The molecule has 0 heterocycles. The highest BCUT2D eigenvalue weighted by Crippen LogP contribution is 2.12. The zero-order chi connectivity index (χ0) is 14.6. The van der Waals surface area contributed by atoms with Crippen LogP contribution < -0.4 is 0 Å². The molecule has 1 unspecified atom stereocenters. The number of hydrogen-bond donors (Lipinski definition) is 1. The molecule has 5 heteroatoms. The SMILES string of the molecule is CCN(CC(C)C(=O)O)C(=O)c1ccc(F)c(C)c1. The average molecular weight is 267 g/mol. The van der Waals surface area contributed by atoms with Gasteiger partial charge in [0.1, 0.15) is 5.82 Å². The summed E-state index contributed by atoms with van der Waals surface area (Å²) in [6.07, 6.45) is 0. The highest BCUT2D eigenvalue weighted by Gasteiger charge is 2.20. The van der Waals surface area contributed by atoms with Gasteiger partial charge in [-0.1, -0.05) is 6.92 Å². The lowest BCUT2D eigenvalue weighted by molar-refractivity contribution is -0.141. The molecule has 0 aliphatic carbocycles. The second-order valence-corrected chi connectivity index (χ2v) is 4.55. The third-order valence-corrected chi connectivity index (χ3v) is 2.99. The van der Waals surface area contributed by atoms with Crippen molar-refractivity contribution in [1.29, 1.82) is 0 Å². The van der Waals surface area contributed by atoms with Gasteiger partial charge in [-0.25, -0.2) is 4.39 Å². The number of hydrogen-bond acceptors (Lipinski definition) is 2. The molecule has 0 saturated heterocycles. The number of nitrogens with zero attached hydrogens (tertiary/aromatic N) is 1. The van der Waals surface area contributed by atoms with Gasteiger partial charge in [0.15, 0.2) is 0 Å². The van der Waals surface area contributed by atoms with Gasteiger partial charge >= 0.3 is 5.97 Å². The lowest BCUT2D eigenvalue weighted by Gasteiger charge is -2.23. The van der Waals surface area contributed by atoms with Gasteiger partial charge in [-0.3, -0.25) is 9.59 Å². The van der Waals surface area contributed by atoms with Gasteiger partial charge in [0, 0.05) is 18.7 Å². The molecule has 0 saturated carbocycles. The van der Waals surface area contributed by atoms with Crippen LogP contribution in [0.4, 0.5) is 4.39 Å². The summed E-state index contributed by atoms with van der Waals surface area (Å²) in [5.41, 5.74) is 0.770. The van der Waals surface area contributed by atoms with E-state index in [1.807, 2.05) is 0 Å². The molecular weight excluding hydrogens is 249 g/mol. The Hall–Kier alpha value is -1.91. The first-order chi connectivity index (χ1) is 8.86. The van der Waals surface area contributed by atoms with Crippen LogP contribution in [0.3, 0.4) is 0 Å². The van der Waals surface area contributed by atoms with Gasteiger partial charge < -0.3 is 10.0 Å². The Morgan fingerprint density at radius 2 is 2.05 bits per heavy atom. The number of carbonyl (C=O) groups is 2. The maximum atomic E-state index is 13.2. The number of amides is 1. The second-order valence-electron chi connectivity index (χ2n) is 4.55. The quantitative estimate of drug-likeness (QED) is 0.890. The van der Waals surface area contributed by atoms with Gasteiger partial charge in [-0.15, -0.1) is 0 Å². The van der Waals surface area contributed by atoms with Crippen molar-refractivity contribution >= 4 is 11.9 Å². The molecule has 104 valence electrons. The molecule has 1 N–H and O–H groups in total. The molecule has 0 aliphatic rings. The summed E-state index contributed by atoms with van der Waals surface area (Å²) in [4.78, 5) is 24.5. The van der Waals surface area contributed by atoms with Crippen LogP contribution in [0.1, 0.15) is 29.8 Å². The van der Waals surface area contributed by atoms with Crippen LogP contribution in [0.25, 0.3) is 0 Å². The third kappa shape index (κ3) is 3.77. The largest absolute Gasteiger partial charge is 0.481 e. The maximum absolute atomic E-state index is 13.2. The van der Waals surface area contributed by atoms with E-state index in [0.29, 0.717) is 17.7 Å². The lowest BCUT2D eigenvalue weighted by atomic mass is 10.1. The summed E-state index contributed by atoms with van der Waals surface area (Å²) in [6.45, 7) is 5.47. The molecule has 0 spiro atoms. The Kier molecular flexibility index (Phi) is 5.03. The Morgan fingerprint density at radius 1 is 1.42 bits per heavy atom. The van der Waals surface area contributed by atoms with Crippen molar-refractivity contribution in [2.45, 2.75) is 20.8 Å². The molecule has 4 nitrogen and oxygen atoms in total. The van der Waals surface area contributed by atoms with E-state index < -0.39 is 11.9 Å². The lowest BCUT2D eigenvalue weighted by Crippen LogP contribution is -2.36. The topological polar surface area (TPSA) is 57.6 Å². The number of rotatable bonds is 5. The van der Waals surface area contributed by atoms with Gasteiger partial charge in [0.25, 0.3) is 5.91 Å². The van der Waals surface area contributed by atoms with Crippen LogP contribution in [0.15, 0.2) is 18.2 Å². The van der Waals surface area contributed by atoms with E-state index in [1.165, 1.54) is 23.1 Å². The minimum atomic E-state index is -0.943. The van der Waals surface area contributed by atoms with E-state index in [0.717, 1.165) is 0 Å². The van der Waals surface area contributed by atoms with Gasteiger partial charge in [-0.05, 0) is 37.6 Å². The van der Waals surface area contributed by atoms with Crippen molar-refractivity contribution in [1.82, 2.24) is 4.90 Å². The minimum Gasteiger partial charge on any atom is -0.481 e. The first-order valence-corrected chi connectivity index (χ1v) is 6.15. The van der Waals surface area contributed by atoms with E-state index in [4.69, 9.17) is 5.11 Å². The molecule has 0 aromatic heterocycles. The van der Waals surface area contributed by atoms with Crippen molar-refractivity contribution in [3.05, 3.63) is 35.1 Å². The van der Waals surface area contributed by atoms with Crippen LogP contribution in [-0.4, -0.2) is 35.0 Å². The number of aliphatic carboxylic acids is 1. The molecular formula is C14H18FNO3. The molecule has 1 rings (SSSR count). The number of carboxylic acid groups (broad SMARTS) is 1. The molecule has 1 atom stereocenters. The molecule has 0 bridgehead atoms. The van der Waals surface area contributed by atoms with Crippen LogP contribution in [0.5, 0.6) is 0 Å². The minimum absolute atomic E-state index is 0.140. The summed E-state index contributed by atoms with van der Waals surface area (Å²) in [6, 6.07) is 4.14. The van der Waals surface area contributed by atoms with E-state index in [9.17, 15) is 14.0 Å². The Balaban J connectivity index is 2.89. The zero-order valence-electron chi connectivity index (χ0n) is 11.3. The summed E-state index contributed by atoms with van der Waals surface area (Å²) in [7, 11) is 0. The zero-order valence-corrected chi connectivity index (χ0v) is 11.3. The van der Waals surface area contributed by atoms with Crippen molar-refractivity contribution in [2.75, 3.05) is 13.1 Å². The molecule has 0 aliphatic heterocycles. The number of aryl methyl sites for hydroxylation is 1. The predicted octanol–water partition coefficient (Wildman–Crippen LogP) is 2.32. The molecule has 1 aromatic carbocycles. The summed E-state index contributed by atoms with van der Waals surface area (Å²) in [5.74, 6) is -2.22. The van der Waals surface area contributed by atoms with Crippen molar-refractivity contribution in [2.24, 2.45) is 5.92 Å². The summed E-state index contributed by atoms with van der Waals surface area (Å²) >= 11 is 0. The fraction of sp³-hybridized carbons (Fsp3) is 0.429. The first-order valence-electron chi connectivity index (χ1n) is 6.15. The van der Waals surface area contributed by atoms with Crippen molar-refractivity contribution < 1.29 is 19.1 Å². The fourth-order valence-electron chi connectivity index (χ4n) is 1.72. The van der Waals surface area contributed by atoms with Crippen LogP contribution in [0, 0.1) is 18.7 Å². The first kappa shape index (κ1) is 15.1. The molecule has 0 fully saturated rings. The van der Waals surface area contributed by atoms with E-state index in [1.54, 1.807) is 20.8 Å². The average Bonchev–Trinajstić information content (AvgIpc) is 2.37. The van der Waals surface area contributed by atoms with Crippen LogP contribution in [-0.2, 0) is 4.79 Å². The summed E-state index contributed by atoms with van der Waals surface area (Å²) < 4.78 is 13.2. The highest BCUT2D eigenvalue weighted by molar-refractivity contribution is 5.94. The number of carbonyl (C=O) groups excluding carboxylic acids is 1. The van der Waals surface area contributed by atoms with Gasteiger partial charge in [0.2, 0.25) is 0 Å². The van der Waals surface area contributed by atoms with E-state index in [-0.39, 0.29) is 18.3 Å². The van der Waals surface area contributed by atoms with Crippen LogP contribution in [0.2, 0.25) is 0 Å². The normalized spacial score (nSPS) is 12.0. The van der Waals surface area contributed by atoms with Gasteiger partial charge in [-0.2, -0.15) is 0 Å². The smallest absolute Gasteiger partial charge is 0.308 e. The Bertz CT molecular complexity index is 488. The maximum Gasteiger partial charge on any atom is 0.308 e. The molecule has 1 aromatic rings. The summed E-state index contributed by atoms with van der Waals surface area (Å²) in [5, 5.41) is 8.87. The predicted molar refractivity (Wildman–Crippen MR) is 69.5 cm³/mol. The fourth-order valence-corrected chi connectivity index (χ4v) is 1.72. The van der Waals surface area contributed by atoms with Gasteiger partial charge in [0.05, 0.1) is 5.92 Å². The van der Waals surface area contributed by atoms with E-state index in [2.05, 4.69) is 0 Å². The monoisotopic (exact) mass is 267 g/mol. The standard InChI is InChI=1S/C14H18FNO3/c1-4-16(8-10(3)14(18)19)13(17)11-5-6-12(15)9(2)7-11/h5-7,10H,4,8H2,1-3H3,(H,18,19).